The van der Waals surface area contributed by atoms with Crippen LogP contribution in [0, 0.1) is 6.92 Å². The highest BCUT2D eigenvalue weighted by Gasteiger charge is 2.33. The molecule has 2 aliphatic heterocycles. The van der Waals surface area contributed by atoms with Crippen molar-refractivity contribution in [2.75, 3.05) is 27.5 Å². The second-order valence-corrected chi connectivity index (χ2v) is 9.06. The standard InChI is InChI=1S/C28H26ClNO5/c1-17-27-20(14-22-26(31)25(35-28(17)22)13-18-4-7-21(29)8-5-18)15-30(16-34-27)11-10-19-6-9-23(32-2)24(12-19)33-3/h4-9,12-14H,10-11,15-16H2,1-3H3/b25-13-. The molecule has 0 N–H and O–H groups in total. The van der Waals surface area contributed by atoms with Crippen LogP contribution < -0.4 is 18.9 Å². The van der Waals surface area contributed by atoms with Crippen LogP contribution in [0.25, 0.3) is 6.08 Å². The van der Waals surface area contributed by atoms with Gasteiger partial charge in [0.05, 0.1) is 19.8 Å². The van der Waals surface area contributed by atoms with Crippen LogP contribution >= 0.6 is 11.6 Å². The first-order valence-corrected chi connectivity index (χ1v) is 11.8. The number of hydrogen-bond acceptors (Lipinski definition) is 6. The SMILES string of the molecule is COc1ccc(CCN2COc3c(cc4c(c3C)O/C(=C\c3ccc(Cl)cc3)C4=O)C2)cc1OC. The van der Waals surface area contributed by atoms with E-state index in [9.17, 15) is 4.79 Å². The summed E-state index contributed by atoms with van der Waals surface area (Å²) >= 11 is 5.97. The normalized spacial score (nSPS) is 15.9. The number of carbonyl (C=O) groups excluding carboxylic acids is 1. The molecule has 0 unspecified atom stereocenters. The van der Waals surface area contributed by atoms with Crippen LogP contribution in [0.1, 0.15) is 32.6 Å². The predicted octanol–water partition coefficient (Wildman–Crippen LogP) is 5.68. The lowest BCUT2D eigenvalue weighted by atomic mass is 10.00. The summed E-state index contributed by atoms with van der Waals surface area (Å²) in [7, 11) is 3.27. The molecule has 6 nitrogen and oxygen atoms in total. The summed E-state index contributed by atoms with van der Waals surface area (Å²) in [5.41, 5.74) is 4.42. The van der Waals surface area contributed by atoms with E-state index in [0.717, 1.165) is 46.7 Å². The Kier molecular flexibility index (Phi) is 6.41. The van der Waals surface area contributed by atoms with Crippen molar-refractivity contribution >= 4 is 23.5 Å². The monoisotopic (exact) mass is 491 g/mol. The van der Waals surface area contributed by atoms with Gasteiger partial charge in [0.1, 0.15) is 18.2 Å². The summed E-state index contributed by atoms with van der Waals surface area (Å²) < 4.78 is 22.8. The molecule has 0 radical (unpaired) electrons. The van der Waals surface area contributed by atoms with Crippen LogP contribution in [-0.4, -0.2) is 38.2 Å². The third-order valence-corrected chi connectivity index (χ3v) is 6.59. The number of ketones is 1. The van der Waals surface area contributed by atoms with E-state index in [1.807, 2.05) is 43.3 Å². The molecular formula is C28H26ClNO5. The van der Waals surface area contributed by atoms with Gasteiger partial charge in [-0.3, -0.25) is 9.69 Å². The molecule has 0 aromatic heterocycles. The first-order valence-electron chi connectivity index (χ1n) is 11.4. The second-order valence-electron chi connectivity index (χ2n) is 8.62. The van der Waals surface area contributed by atoms with E-state index in [0.29, 0.717) is 41.1 Å². The smallest absolute Gasteiger partial charge is 0.231 e. The lowest BCUT2D eigenvalue weighted by molar-refractivity contribution is 0.0953. The molecule has 0 fully saturated rings. The van der Waals surface area contributed by atoms with Crippen molar-refractivity contribution in [3.05, 3.63) is 87.1 Å². The van der Waals surface area contributed by atoms with E-state index in [-0.39, 0.29) is 5.78 Å². The Labute approximate surface area is 209 Å². The number of halogens is 1. The molecule has 35 heavy (non-hydrogen) atoms. The first kappa shape index (κ1) is 23.3. The number of benzene rings is 3. The summed E-state index contributed by atoms with van der Waals surface area (Å²) in [5, 5.41) is 0.644. The lowest BCUT2D eigenvalue weighted by Gasteiger charge is -2.30. The molecule has 2 aliphatic rings. The predicted molar refractivity (Wildman–Crippen MR) is 135 cm³/mol. The summed E-state index contributed by atoms with van der Waals surface area (Å²) in [6.45, 7) is 3.91. The maximum Gasteiger partial charge on any atom is 0.231 e. The zero-order chi connectivity index (χ0) is 24.5. The van der Waals surface area contributed by atoms with Gasteiger partial charge in [0.15, 0.2) is 17.3 Å². The van der Waals surface area contributed by atoms with Gasteiger partial charge in [-0.25, -0.2) is 0 Å². The van der Waals surface area contributed by atoms with E-state index < -0.39 is 0 Å². The summed E-state index contributed by atoms with van der Waals surface area (Å²) in [4.78, 5) is 15.3. The van der Waals surface area contributed by atoms with E-state index in [2.05, 4.69) is 4.90 Å². The molecule has 180 valence electrons. The minimum Gasteiger partial charge on any atom is -0.493 e. The zero-order valence-electron chi connectivity index (χ0n) is 19.9. The van der Waals surface area contributed by atoms with Gasteiger partial charge in [0, 0.05) is 29.2 Å². The number of hydrogen-bond donors (Lipinski definition) is 0. The number of ether oxygens (including phenoxy) is 4. The molecule has 3 aromatic rings. The number of carbonyl (C=O) groups is 1. The molecule has 0 spiro atoms. The van der Waals surface area contributed by atoms with E-state index >= 15 is 0 Å². The minimum absolute atomic E-state index is 0.122. The number of nitrogens with zero attached hydrogens (tertiary/aromatic N) is 1. The van der Waals surface area contributed by atoms with Crippen molar-refractivity contribution in [2.45, 2.75) is 19.9 Å². The summed E-state index contributed by atoms with van der Waals surface area (Å²) in [6, 6.07) is 15.2. The van der Waals surface area contributed by atoms with Crippen molar-refractivity contribution < 1.29 is 23.7 Å². The third kappa shape index (κ3) is 4.59. The molecule has 0 saturated heterocycles. The third-order valence-electron chi connectivity index (χ3n) is 6.33. The Morgan fingerprint density at radius 1 is 1.03 bits per heavy atom. The number of methoxy groups -OCH3 is 2. The Balaban J connectivity index is 1.32. The van der Waals surface area contributed by atoms with Gasteiger partial charge in [-0.05, 0) is 60.9 Å². The molecule has 3 aromatic carbocycles. The Bertz CT molecular complexity index is 1320. The fraction of sp³-hybridized carbons (Fsp3) is 0.250. The van der Waals surface area contributed by atoms with Crippen molar-refractivity contribution in [1.82, 2.24) is 4.90 Å². The van der Waals surface area contributed by atoms with Crippen LogP contribution in [0.4, 0.5) is 0 Å². The fourth-order valence-corrected chi connectivity index (χ4v) is 4.60. The van der Waals surface area contributed by atoms with Gasteiger partial charge in [-0.1, -0.05) is 29.8 Å². The number of allylic oxidation sites excluding steroid dienone is 1. The largest absolute Gasteiger partial charge is 0.493 e. The Hall–Kier alpha value is -3.48. The van der Waals surface area contributed by atoms with Gasteiger partial charge < -0.3 is 18.9 Å². The average molecular weight is 492 g/mol. The number of rotatable bonds is 6. The van der Waals surface area contributed by atoms with E-state index in [1.54, 1.807) is 32.4 Å². The van der Waals surface area contributed by atoms with Crippen LogP contribution in [0.2, 0.25) is 5.02 Å². The van der Waals surface area contributed by atoms with Crippen LogP contribution in [0.5, 0.6) is 23.0 Å². The van der Waals surface area contributed by atoms with Crippen molar-refractivity contribution in [1.29, 1.82) is 0 Å². The molecule has 0 saturated carbocycles. The molecular weight excluding hydrogens is 466 g/mol. The molecule has 7 heteroatoms. The molecule has 2 heterocycles. The zero-order valence-corrected chi connectivity index (χ0v) is 20.6. The van der Waals surface area contributed by atoms with Gasteiger partial charge in [-0.2, -0.15) is 0 Å². The highest BCUT2D eigenvalue weighted by molar-refractivity contribution is 6.30. The van der Waals surface area contributed by atoms with Crippen molar-refractivity contribution in [2.24, 2.45) is 0 Å². The highest BCUT2D eigenvalue weighted by atomic mass is 35.5. The second kappa shape index (κ2) is 9.64. The molecule has 0 atom stereocenters. The average Bonchev–Trinajstić information content (AvgIpc) is 3.19. The first-order chi connectivity index (χ1) is 17.0. The van der Waals surface area contributed by atoms with Gasteiger partial charge in [-0.15, -0.1) is 0 Å². The highest BCUT2D eigenvalue weighted by Crippen LogP contribution is 2.43. The molecule has 0 aliphatic carbocycles. The Morgan fingerprint density at radius 2 is 1.80 bits per heavy atom. The lowest BCUT2D eigenvalue weighted by Crippen LogP contribution is -2.34. The quantitative estimate of drug-likeness (QED) is 0.414. The molecule has 5 rings (SSSR count). The number of fused-ring (bicyclic) bond motifs is 2. The maximum absolute atomic E-state index is 13.1. The maximum atomic E-state index is 13.1. The Morgan fingerprint density at radius 3 is 2.54 bits per heavy atom. The van der Waals surface area contributed by atoms with Gasteiger partial charge in [0.2, 0.25) is 5.78 Å². The minimum atomic E-state index is -0.122. The summed E-state index contributed by atoms with van der Waals surface area (Å²) in [5.74, 6) is 2.99. The summed E-state index contributed by atoms with van der Waals surface area (Å²) in [6.07, 6.45) is 2.58. The number of Topliss-reactive ketones (excluding diaryl/α,β-unsaturated/α-hetero) is 1. The molecule has 0 amide bonds. The van der Waals surface area contributed by atoms with E-state index in [4.69, 9.17) is 30.5 Å². The topological polar surface area (TPSA) is 57.2 Å². The van der Waals surface area contributed by atoms with Crippen LogP contribution in [0.3, 0.4) is 0 Å². The van der Waals surface area contributed by atoms with Crippen molar-refractivity contribution in [3.63, 3.8) is 0 Å². The van der Waals surface area contributed by atoms with E-state index in [1.165, 1.54) is 0 Å². The van der Waals surface area contributed by atoms with Gasteiger partial charge in [0.25, 0.3) is 0 Å². The van der Waals surface area contributed by atoms with Gasteiger partial charge >= 0.3 is 0 Å². The fourth-order valence-electron chi connectivity index (χ4n) is 4.47. The molecule has 0 bridgehead atoms. The van der Waals surface area contributed by atoms with Crippen LogP contribution in [-0.2, 0) is 13.0 Å². The van der Waals surface area contributed by atoms with Crippen LogP contribution in [0.15, 0.2) is 54.3 Å². The van der Waals surface area contributed by atoms with Crippen molar-refractivity contribution in [3.8, 4) is 23.0 Å².